The van der Waals surface area contributed by atoms with Crippen molar-refractivity contribution in [3.63, 3.8) is 0 Å². The van der Waals surface area contributed by atoms with Crippen molar-refractivity contribution in [1.82, 2.24) is 10.2 Å². The van der Waals surface area contributed by atoms with Crippen LogP contribution in [0.3, 0.4) is 0 Å². The van der Waals surface area contributed by atoms with E-state index in [0.29, 0.717) is 6.54 Å². The summed E-state index contributed by atoms with van der Waals surface area (Å²) in [7, 11) is 2.17. The molecule has 0 aromatic heterocycles. The summed E-state index contributed by atoms with van der Waals surface area (Å²) in [4.78, 5) is 2.41. The lowest BCUT2D eigenvalue weighted by molar-refractivity contribution is 0.170. The highest BCUT2D eigenvalue weighted by molar-refractivity contribution is 5.18. The second kappa shape index (κ2) is 7.72. The third-order valence-corrected chi connectivity index (χ3v) is 4.18. The van der Waals surface area contributed by atoms with E-state index in [-0.39, 0.29) is 5.82 Å². The Morgan fingerprint density at radius 2 is 1.95 bits per heavy atom. The maximum atomic E-state index is 12.8. The van der Waals surface area contributed by atoms with Crippen molar-refractivity contribution in [2.45, 2.75) is 37.8 Å². The van der Waals surface area contributed by atoms with Crippen molar-refractivity contribution >= 4 is 0 Å². The molecule has 112 valence electrons. The van der Waals surface area contributed by atoms with Gasteiger partial charge in [-0.3, -0.25) is 0 Å². The molecular weight excluding hydrogens is 255 g/mol. The molecule has 4 heteroatoms. The van der Waals surface area contributed by atoms with Crippen LogP contribution in [0, 0.1) is 5.82 Å². The van der Waals surface area contributed by atoms with Gasteiger partial charge in [-0.2, -0.15) is 0 Å². The van der Waals surface area contributed by atoms with Gasteiger partial charge in [0.25, 0.3) is 0 Å². The van der Waals surface area contributed by atoms with E-state index in [0.717, 1.165) is 24.7 Å². The Hall–Kier alpha value is -0.970. The molecule has 0 amide bonds. The Kier molecular flexibility index (Phi) is 5.95. The number of benzene rings is 1. The zero-order valence-corrected chi connectivity index (χ0v) is 12.2. The highest BCUT2D eigenvalue weighted by atomic mass is 19.1. The summed E-state index contributed by atoms with van der Waals surface area (Å²) in [5, 5.41) is 13.3. The van der Waals surface area contributed by atoms with Gasteiger partial charge in [-0.25, -0.2) is 4.39 Å². The second-order valence-electron chi connectivity index (χ2n) is 5.69. The first-order chi connectivity index (χ1) is 9.66. The van der Waals surface area contributed by atoms with Gasteiger partial charge >= 0.3 is 0 Å². The predicted octanol–water partition coefficient (Wildman–Crippen LogP) is 2.32. The lowest BCUT2D eigenvalue weighted by Gasteiger charge is -2.24. The lowest BCUT2D eigenvalue weighted by atomic mass is 10.1. The maximum Gasteiger partial charge on any atom is 0.123 e. The minimum atomic E-state index is -0.576. The largest absolute Gasteiger partial charge is 0.387 e. The average molecular weight is 280 g/mol. The van der Waals surface area contributed by atoms with Crippen molar-refractivity contribution in [2.75, 3.05) is 26.7 Å². The number of aliphatic hydroxyl groups excluding tert-OH is 1. The number of nitrogens with zero attached hydrogens (tertiary/aromatic N) is 1. The summed E-state index contributed by atoms with van der Waals surface area (Å²) in [5.41, 5.74) is 0.753. The molecule has 1 saturated carbocycles. The molecule has 0 spiro atoms. The minimum Gasteiger partial charge on any atom is -0.387 e. The summed E-state index contributed by atoms with van der Waals surface area (Å²) in [5.74, 6) is -0.271. The highest BCUT2D eigenvalue weighted by Crippen LogP contribution is 2.21. The molecule has 1 aliphatic rings. The van der Waals surface area contributed by atoms with Crippen LogP contribution >= 0.6 is 0 Å². The lowest BCUT2D eigenvalue weighted by Crippen LogP contribution is -2.36. The first-order valence-electron chi connectivity index (χ1n) is 7.51. The molecule has 0 saturated heterocycles. The number of hydrogen-bond acceptors (Lipinski definition) is 3. The quantitative estimate of drug-likeness (QED) is 0.753. The van der Waals surface area contributed by atoms with Gasteiger partial charge < -0.3 is 15.3 Å². The summed E-state index contributed by atoms with van der Waals surface area (Å²) < 4.78 is 12.8. The van der Waals surface area contributed by atoms with Gasteiger partial charge in [-0.15, -0.1) is 0 Å². The summed E-state index contributed by atoms with van der Waals surface area (Å²) in [6.07, 6.45) is 4.76. The third-order valence-electron chi connectivity index (χ3n) is 4.18. The molecule has 1 aromatic rings. The molecule has 1 unspecified atom stereocenters. The molecule has 0 bridgehead atoms. The van der Waals surface area contributed by atoms with Crippen LogP contribution in [0.5, 0.6) is 0 Å². The smallest absolute Gasteiger partial charge is 0.123 e. The molecule has 20 heavy (non-hydrogen) atoms. The topological polar surface area (TPSA) is 35.5 Å². The summed E-state index contributed by atoms with van der Waals surface area (Å²) >= 11 is 0. The van der Waals surface area contributed by atoms with Crippen LogP contribution in [0.2, 0.25) is 0 Å². The summed E-state index contributed by atoms with van der Waals surface area (Å²) in [6, 6.07) is 6.76. The fraction of sp³-hybridized carbons (Fsp3) is 0.625. The molecule has 2 rings (SSSR count). The van der Waals surface area contributed by atoms with Crippen LogP contribution in [0.25, 0.3) is 0 Å². The predicted molar refractivity (Wildman–Crippen MR) is 79.1 cm³/mol. The van der Waals surface area contributed by atoms with Crippen molar-refractivity contribution in [3.8, 4) is 0 Å². The monoisotopic (exact) mass is 280 g/mol. The van der Waals surface area contributed by atoms with Crippen LogP contribution in [-0.4, -0.2) is 42.7 Å². The standard InChI is InChI=1S/C16H25FN2O/c1-19(15-4-2-3-5-15)11-10-18-12-16(20)13-6-8-14(17)9-7-13/h6-9,15-16,18,20H,2-5,10-12H2,1H3. The van der Waals surface area contributed by atoms with Gasteiger partial charge in [0.2, 0.25) is 0 Å². The number of likely N-dealkylation sites (N-methyl/N-ethyl adjacent to an activating group) is 1. The SMILES string of the molecule is CN(CCNCC(O)c1ccc(F)cc1)C1CCCC1. The van der Waals surface area contributed by atoms with Crippen LogP contribution in [-0.2, 0) is 0 Å². The van der Waals surface area contributed by atoms with Crippen LogP contribution in [0.15, 0.2) is 24.3 Å². The van der Waals surface area contributed by atoms with Crippen LogP contribution in [0.1, 0.15) is 37.4 Å². The van der Waals surface area contributed by atoms with E-state index < -0.39 is 6.10 Å². The van der Waals surface area contributed by atoms with E-state index in [4.69, 9.17) is 0 Å². The maximum absolute atomic E-state index is 12.8. The Labute approximate surface area is 120 Å². The van der Waals surface area contributed by atoms with E-state index in [1.807, 2.05) is 0 Å². The normalized spacial score (nSPS) is 17.8. The van der Waals surface area contributed by atoms with E-state index in [2.05, 4.69) is 17.3 Å². The third kappa shape index (κ3) is 4.54. The van der Waals surface area contributed by atoms with Crippen molar-refractivity contribution in [1.29, 1.82) is 0 Å². The zero-order valence-electron chi connectivity index (χ0n) is 12.2. The Bertz CT molecular complexity index is 390. The van der Waals surface area contributed by atoms with Gasteiger partial charge in [0.05, 0.1) is 6.10 Å². The summed E-state index contributed by atoms with van der Waals surface area (Å²) in [6.45, 7) is 2.37. The zero-order chi connectivity index (χ0) is 14.4. The fourth-order valence-electron chi connectivity index (χ4n) is 2.82. The van der Waals surface area contributed by atoms with Crippen LogP contribution < -0.4 is 5.32 Å². The molecule has 3 nitrogen and oxygen atoms in total. The van der Waals surface area contributed by atoms with Gasteiger partial charge in [-0.1, -0.05) is 25.0 Å². The van der Waals surface area contributed by atoms with Crippen molar-refractivity contribution in [2.24, 2.45) is 0 Å². The molecule has 1 aliphatic carbocycles. The van der Waals surface area contributed by atoms with E-state index >= 15 is 0 Å². The molecule has 0 aliphatic heterocycles. The minimum absolute atomic E-state index is 0.271. The van der Waals surface area contributed by atoms with E-state index in [1.54, 1.807) is 12.1 Å². The van der Waals surface area contributed by atoms with Gasteiger partial charge in [-0.05, 0) is 37.6 Å². The Morgan fingerprint density at radius 1 is 1.30 bits per heavy atom. The molecule has 2 N–H and O–H groups in total. The number of nitrogens with one attached hydrogen (secondary N) is 1. The number of aliphatic hydroxyl groups is 1. The molecule has 1 atom stereocenters. The molecule has 1 fully saturated rings. The second-order valence-corrected chi connectivity index (χ2v) is 5.69. The Balaban J connectivity index is 1.63. The van der Waals surface area contributed by atoms with Gasteiger partial charge in [0, 0.05) is 25.7 Å². The fourth-order valence-corrected chi connectivity index (χ4v) is 2.82. The van der Waals surface area contributed by atoms with E-state index in [1.165, 1.54) is 37.8 Å². The van der Waals surface area contributed by atoms with Gasteiger partial charge in [0.15, 0.2) is 0 Å². The van der Waals surface area contributed by atoms with Crippen molar-refractivity contribution in [3.05, 3.63) is 35.6 Å². The Morgan fingerprint density at radius 3 is 2.60 bits per heavy atom. The average Bonchev–Trinajstić information content (AvgIpc) is 2.98. The van der Waals surface area contributed by atoms with Crippen molar-refractivity contribution < 1.29 is 9.50 Å². The number of halogens is 1. The molecule has 0 heterocycles. The number of rotatable bonds is 7. The molecular formula is C16H25FN2O. The first-order valence-corrected chi connectivity index (χ1v) is 7.51. The van der Waals surface area contributed by atoms with E-state index in [9.17, 15) is 9.50 Å². The first kappa shape index (κ1) is 15.4. The molecule has 0 radical (unpaired) electrons. The van der Waals surface area contributed by atoms with Crippen LogP contribution in [0.4, 0.5) is 4.39 Å². The van der Waals surface area contributed by atoms with Gasteiger partial charge in [0.1, 0.15) is 5.82 Å². The highest BCUT2D eigenvalue weighted by Gasteiger charge is 2.18. The number of hydrogen-bond donors (Lipinski definition) is 2. The molecule has 1 aromatic carbocycles.